The zero-order valence-corrected chi connectivity index (χ0v) is 12.3. The van der Waals surface area contributed by atoms with Crippen LogP contribution in [0.15, 0.2) is 30.3 Å². The molecule has 0 aliphatic carbocycles. The lowest BCUT2D eigenvalue weighted by Gasteiger charge is -2.29. The number of rotatable bonds is 5. The van der Waals surface area contributed by atoms with Crippen molar-refractivity contribution in [2.24, 2.45) is 0 Å². The van der Waals surface area contributed by atoms with Gasteiger partial charge >= 0.3 is 0 Å². The third-order valence-electron chi connectivity index (χ3n) is 3.75. The summed E-state index contributed by atoms with van der Waals surface area (Å²) in [5, 5.41) is 9.53. The highest BCUT2D eigenvalue weighted by Gasteiger charge is 2.25. The fourth-order valence-electron chi connectivity index (χ4n) is 2.58. The predicted molar refractivity (Wildman–Crippen MR) is 79.2 cm³/mol. The van der Waals surface area contributed by atoms with Crippen LogP contribution in [0.1, 0.15) is 25.8 Å². The Bertz CT molecular complexity index is 433. The normalized spacial score (nSPS) is 19.5. The SMILES string of the molecule is CC(C)N(Cc1ccccc1)C(=O)CN1CC[C@H](O)C1. The quantitative estimate of drug-likeness (QED) is 0.886. The van der Waals surface area contributed by atoms with Crippen LogP contribution in [0.5, 0.6) is 0 Å². The molecule has 0 radical (unpaired) electrons. The van der Waals surface area contributed by atoms with Crippen molar-refractivity contribution in [1.82, 2.24) is 9.80 Å². The number of nitrogens with zero attached hydrogens (tertiary/aromatic N) is 2. The van der Waals surface area contributed by atoms with Gasteiger partial charge in [0.25, 0.3) is 0 Å². The number of aliphatic hydroxyl groups is 1. The Hall–Kier alpha value is -1.39. The number of likely N-dealkylation sites (tertiary alicyclic amines) is 1. The van der Waals surface area contributed by atoms with Gasteiger partial charge < -0.3 is 10.0 Å². The molecule has 4 heteroatoms. The van der Waals surface area contributed by atoms with Crippen LogP contribution >= 0.6 is 0 Å². The zero-order valence-electron chi connectivity index (χ0n) is 12.3. The first-order valence-corrected chi connectivity index (χ1v) is 7.30. The lowest BCUT2D eigenvalue weighted by molar-refractivity contribution is -0.134. The number of aliphatic hydroxyl groups excluding tert-OH is 1. The maximum atomic E-state index is 12.5. The van der Waals surface area contributed by atoms with Gasteiger partial charge in [-0.1, -0.05) is 30.3 Å². The van der Waals surface area contributed by atoms with Crippen molar-refractivity contribution in [1.29, 1.82) is 0 Å². The topological polar surface area (TPSA) is 43.8 Å². The molecule has 20 heavy (non-hydrogen) atoms. The highest BCUT2D eigenvalue weighted by atomic mass is 16.3. The standard InChI is InChI=1S/C16H24N2O2/c1-13(2)18(10-14-6-4-3-5-7-14)16(20)12-17-9-8-15(19)11-17/h3-7,13,15,19H,8-12H2,1-2H3/t15-/m0/s1. The molecule has 1 N–H and O–H groups in total. The summed E-state index contributed by atoms with van der Waals surface area (Å²) in [5.74, 6) is 0.137. The van der Waals surface area contributed by atoms with Crippen LogP contribution in [-0.2, 0) is 11.3 Å². The molecule has 0 unspecified atom stereocenters. The number of hydrogen-bond donors (Lipinski definition) is 1. The van der Waals surface area contributed by atoms with E-state index < -0.39 is 0 Å². The molecule has 1 saturated heterocycles. The van der Waals surface area contributed by atoms with E-state index in [-0.39, 0.29) is 18.1 Å². The van der Waals surface area contributed by atoms with Gasteiger partial charge in [0.2, 0.25) is 5.91 Å². The Morgan fingerprint density at radius 3 is 2.65 bits per heavy atom. The zero-order chi connectivity index (χ0) is 14.5. The maximum Gasteiger partial charge on any atom is 0.237 e. The van der Waals surface area contributed by atoms with E-state index in [1.165, 1.54) is 0 Å². The number of carbonyl (C=O) groups is 1. The molecular weight excluding hydrogens is 252 g/mol. The molecule has 1 atom stereocenters. The van der Waals surface area contributed by atoms with Crippen molar-refractivity contribution in [3.63, 3.8) is 0 Å². The van der Waals surface area contributed by atoms with Crippen LogP contribution in [0.3, 0.4) is 0 Å². The average Bonchev–Trinajstić information content (AvgIpc) is 2.82. The monoisotopic (exact) mass is 276 g/mol. The fourth-order valence-corrected chi connectivity index (χ4v) is 2.58. The second kappa shape index (κ2) is 6.86. The first-order valence-electron chi connectivity index (χ1n) is 7.30. The van der Waals surface area contributed by atoms with E-state index in [9.17, 15) is 9.90 Å². The minimum Gasteiger partial charge on any atom is -0.392 e. The minimum absolute atomic E-state index is 0.137. The van der Waals surface area contributed by atoms with Gasteiger partial charge in [-0.05, 0) is 25.8 Å². The minimum atomic E-state index is -0.274. The summed E-state index contributed by atoms with van der Waals surface area (Å²) < 4.78 is 0. The van der Waals surface area contributed by atoms with E-state index in [1.807, 2.05) is 54.0 Å². The third kappa shape index (κ3) is 4.05. The Balaban J connectivity index is 1.95. The molecule has 1 aromatic carbocycles. The van der Waals surface area contributed by atoms with E-state index >= 15 is 0 Å². The molecule has 1 heterocycles. The number of amides is 1. The molecule has 110 valence electrons. The molecular formula is C16H24N2O2. The van der Waals surface area contributed by atoms with Gasteiger partial charge in [0, 0.05) is 25.7 Å². The lowest BCUT2D eigenvalue weighted by Crippen LogP contribution is -2.42. The van der Waals surface area contributed by atoms with Crippen molar-refractivity contribution < 1.29 is 9.90 Å². The van der Waals surface area contributed by atoms with E-state index in [2.05, 4.69) is 0 Å². The van der Waals surface area contributed by atoms with Crippen molar-refractivity contribution in [2.75, 3.05) is 19.6 Å². The van der Waals surface area contributed by atoms with Crippen molar-refractivity contribution in [3.8, 4) is 0 Å². The molecule has 1 fully saturated rings. The molecule has 1 aliphatic heterocycles. The van der Waals surface area contributed by atoms with Crippen molar-refractivity contribution >= 4 is 5.91 Å². The van der Waals surface area contributed by atoms with Gasteiger partial charge in [-0.2, -0.15) is 0 Å². The Morgan fingerprint density at radius 1 is 1.40 bits per heavy atom. The van der Waals surface area contributed by atoms with Crippen LogP contribution in [0.25, 0.3) is 0 Å². The van der Waals surface area contributed by atoms with E-state index in [0.717, 1.165) is 18.5 Å². The molecule has 0 spiro atoms. The number of benzene rings is 1. The fraction of sp³-hybridized carbons (Fsp3) is 0.562. The largest absolute Gasteiger partial charge is 0.392 e. The summed E-state index contributed by atoms with van der Waals surface area (Å²) in [6, 6.07) is 10.2. The molecule has 0 bridgehead atoms. The van der Waals surface area contributed by atoms with Crippen LogP contribution < -0.4 is 0 Å². The van der Waals surface area contributed by atoms with Gasteiger partial charge in [0.1, 0.15) is 0 Å². The summed E-state index contributed by atoms with van der Waals surface area (Å²) in [7, 11) is 0. The second-order valence-corrected chi connectivity index (χ2v) is 5.78. The van der Waals surface area contributed by atoms with Crippen LogP contribution in [-0.4, -0.2) is 52.6 Å². The highest BCUT2D eigenvalue weighted by molar-refractivity contribution is 5.78. The van der Waals surface area contributed by atoms with Crippen molar-refractivity contribution in [3.05, 3.63) is 35.9 Å². The lowest BCUT2D eigenvalue weighted by atomic mass is 10.2. The molecule has 1 aromatic rings. The van der Waals surface area contributed by atoms with E-state index in [4.69, 9.17) is 0 Å². The summed E-state index contributed by atoms with van der Waals surface area (Å²) in [6.45, 7) is 6.56. The molecule has 0 aromatic heterocycles. The average molecular weight is 276 g/mol. The molecule has 2 rings (SSSR count). The Kier molecular flexibility index (Phi) is 5.15. The van der Waals surface area contributed by atoms with E-state index in [0.29, 0.717) is 19.6 Å². The number of hydrogen-bond acceptors (Lipinski definition) is 3. The summed E-state index contributed by atoms with van der Waals surface area (Å²) in [6.07, 6.45) is 0.498. The van der Waals surface area contributed by atoms with Gasteiger partial charge in [-0.3, -0.25) is 9.69 Å². The van der Waals surface area contributed by atoms with Crippen LogP contribution in [0, 0.1) is 0 Å². The smallest absolute Gasteiger partial charge is 0.237 e. The summed E-state index contributed by atoms with van der Waals surface area (Å²) in [5.41, 5.74) is 1.15. The third-order valence-corrected chi connectivity index (χ3v) is 3.75. The van der Waals surface area contributed by atoms with Gasteiger partial charge in [0.05, 0.1) is 12.6 Å². The number of carbonyl (C=O) groups excluding carboxylic acids is 1. The first kappa shape index (κ1) is 15.0. The van der Waals surface area contributed by atoms with Crippen LogP contribution in [0.2, 0.25) is 0 Å². The van der Waals surface area contributed by atoms with Gasteiger partial charge in [-0.15, -0.1) is 0 Å². The van der Waals surface area contributed by atoms with Gasteiger partial charge in [0.15, 0.2) is 0 Å². The number of β-amino-alcohol motifs (C(OH)–C–C–N with tert-alkyl or cyclic N) is 1. The van der Waals surface area contributed by atoms with Gasteiger partial charge in [-0.25, -0.2) is 0 Å². The highest BCUT2D eigenvalue weighted by Crippen LogP contribution is 2.12. The molecule has 0 saturated carbocycles. The Labute approximate surface area is 121 Å². The predicted octanol–water partition coefficient (Wildman–Crippen LogP) is 1.49. The first-order chi connectivity index (χ1) is 9.56. The molecule has 4 nitrogen and oxygen atoms in total. The van der Waals surface area contributed by atoms with Crippen molar-refractivity contribution in [2.45, 2.75) is 39.0 Å². The molecule has 1 aliphatic rings. The summed E-state index contributed by atoms with van der Waals surface area (Å²) in [4.78, 5) is 16.4. The Morgan fingerprint density at radius 2 is 2.10 bits per heavy atom. The summed E-state index contributed by atoms with van der Waals surface area (Å²) >= 11 is 0. The van der Waals surface area contributed by atoms with E-state index in [1.54, 1.807) is 0 Å². The maximum absolute atomic E-state index is 12.5. The second-order valence-electron chi connectivity index (χ2n) is 5.78. The van der Waals surface area contributed by atoms with Crippen LogP contribution in [0.4, 0.5) is 0 Å². The molecule has 1 amide bonds.